The summed E-state index contributed by atoms with van der Waals surface area (Å²) in [5.74, 6) is -2.66. The number of carbonyl (C=O) groups excluding carboxylic acids is 3. The van der Waals surface area contributed by atoms with E-state index in [9.17, 15) is 19.2 Å². The maximum Gasteiger partial charge on any atom is 0.335 e. The number of hydrogen-bond donors (Lipinski definition) is 2. The van der Waals surface area contributed by atoms with Gasteiger partial charge in [0.15, 0.2) is 0 Å². The van der Waals surface area contributed by atoms with Crippen molar-refractivity contribution in [2.75, 3.05) is 6.54 Å². The fourth-order valence-corrected chi connectivity index (χ4v) is 2.17. The predicted octanol–water partition coefficient (Wildman–Crippen LogP) is -0.199. The van der Waals surface area contributed by atoms with Crippen LogP contribution < -0.4 is 5.32 Å². The van der Waals surface area contributed by atoms with Gasteiger partial charge in [-0.3, -0.25) is 19.7 Å². The van der Waals surface area contributed by atoms with Crippen LogP contribution in [0.15, 0.2) is 24.3 Å². The molecule has 1 aliphatic rings. The fourth-order valence-electron chi connectivity index (χ4n) is 2.17. The quantitative estimate of drug-likeness (QED) is 0.750. The van der Waals surface area contributed by atoms with Crippen molar-refractivity contribution < 1.29 is 24.3 Å². The van der Waals surface area contributed by atoms with Crippen LogP contribution in [-0.2, 0) is 20.8 Å². The van der Waals surface area contributed by atoms with Crippen molar-refractivity contribution >= 4 is 23.7 Å². The molecule has 0 radical (unpaired) electrons. The van der Waals surface area contributed by atoms with Gasteiger partial charge >= 0.3 is 5.97 Å². The molecule has 1 unspecified atom stereocenters. The molecule has 0 saturated carbocycles. The Morgan fingerprint density at radius 3 is 2.67 bits per heavy atom. The summed E-state index contributed by atoms with van der Waals surface area (Å²) in [4.78, 5) is 47.4. The molecule has 1 heterocycles. The third-order valence-corrected chi connectivity index (χ3v) is 3.33. The normalized spacial score (nSPS) is 18.3. The van der Waals surface area contributed by atoms with Crippen molar-refractivity contribution in [1.29, 1.82) is 0 Å². The van der Waals surface area contributed by atoms with Gasteiger partial charge in [0, 0.05) is 0 Å². The molecule has 1 fully saturated rings. The molecular formula is C14H14N2O5. The second kappa shape index (κ2) is 5.74. The smallest absolute Gasteiger partial charge is 0.335 e. The molecule has 1 aromatic carbocycles. The van der Waals surface area contributed by atoms with E-state index in [0.717, 1.165) is 4.90 Å². The number of imide groups is 1. The maximum atomic E-state index is 12.2. The van der Waals surface area contributed by atoms with Crippen molar-refractivity contribution in [2.45, 2.75) is 19.4 Å². The van der Waals surface area contributed by atoms with Gasteiger partial charge in [-0.25, -0.2) is 4.79 Å². The van der Waals surface area contributed by atoms with E-state index in [1.54, 1.807) is 12.1 Å². The largest absolute Gasteiger partial charge is 0.478 e. The van der Waals surface area contributed by atoms with E-state index in [2.05, 4.69) is 5.32 Å². The SMILES string of the molecule is CC1C(=O)NC(=O)CN1C(=O)Cc1ccccc1C(=O)O. The zero-order valence-electron chi connectivity index (χ0n) is 11.3. The monoisotopic (exact) mass is 290 g/mol. The fraction of sp³-hybridized carbons (Fsp3) is 0.286. The highest BCUT2D eigenvalue weighted by Gasteiger charge is 2.33. The van der Waals surface area contributed by atoms with Crippen LogP contribution in [0.3, 0.4) is 0 Å². The van der Waals surface area contributed by atoms with Crippen molar-refractivity contribution in [2.24, 2.45) is 0 Å². The van der Waals surface area contributed by atoms with E-state index >= 15 is 0 Å². The first-order chi connectivity index (χ1) is 9.90. The third-order valence-electron chi connectivity index (χ3n) is 3.33. The molecule has 1 aliphatic heterocycles. The number of carboxylic acids is 1. The lowest BCUT2D eigenvalue weighted by Gasteiger charge is -2.31. The number of carboxylic acid groups (broad SMARTS) is 1. The van der Waals surface area contributed by atoms with Crippen molar-refractivity contribution in [3.63, 3.8) is 0 Å². The Labute approximate surface area is 120 Å². The van der Waals surface area contributed by atoms with Gasteiger partial charge in [-0.05, 0) is 18.6 Å². The standard InChI is InChI=1S/C14H14N2O5/c1-8-13(19)15-11(17)7-16(8)12(18)6-9-4-2-3-5-10(9)14(20)21/h2-5,8H,6-7H2,1H3,(H,20,21)(H,15,17,19). The molecule has 2 N–H and O–H groups in total. The topological polar surface area (TPSA) is 104 Å². The molecular weight excluding hydrogens is 276 g/mol. The molecule has 0 aromatic heterocycles. The van der Waals surface area contributed by atoms with Crippen molar-refractivity contribution in [3.8, 4) is 0 Å². The third kappa shape index (κ3) is 3.07. The first-order valence-corrected chi connectivity index (χ1v) is 6.34. The Kier molecular flexibility index (Phi) is 4.02. The van der Waals surface area contributed by atoms with Crippen LogP contribution >= 0.6 is 0 Å². The molecule has 0 spiro atoms. The molecule has 1 aromatic rings. The second-order valence-corrected chi connectivity index (χ2v) is 4.75. The van der Waals surface area contributed by atoms with Gasteiger partial charge in [0.2, 0.25) is 17.7 Å². The maximum absolute atomic E-state index is 12.2. The molecule has 0 aliphatic carbocycles. The van der Waals surface area contributed by atoms with E-state index in [1.807, 2.05) is 0 Å². The molecule has 0 bridgehead atoms. The average Bonchev–Trinajstić information content (AvgIpc) is 2.43. The van der Waals surface area contributed by atoms with Gasteiger partial charge in [0.25, 0.3) is 0 Å². The van der Waals surface area contributed by atoms with Gasteiger partial charge in [0.1, 0.15) is 12.6 Å². The van der Waals surface area contributed by atoms with Crippen LogP contribution in [0.2, 0.25) is 0 Å². The van der Waals surface area contributed by atoms with Crippen LogP contribution in [0.4, 0.5) is 0 Å². The number of carbonyl (C=O) groups is 4. The Balaban J connectivity index is 2.20. The molecule has 2 rings (SSSR count). The molecule has 7 nitrogen and oxygen atoms in total. The lowest BCUT2D eigenvalue weighted by atomic mass is 10.0. The molecule has 7 heteroatoms. The highest BCUT2D eigenvalue weighted by molar-refractivity contribution is 6.04. The average molecular weight is 290 g/mol. The highest BCUT2D eigenvalue weighted by atomic mass is 16.4. The number of benzene rings is 1. The molecule has 3 amide bonds. The first-order valence-electron chi connectivity index (χ1n) is 6.34. The van der Waals surface area contributed by atoms with E-state index in [-0.39, 0.29) is 18.5 Å². The summed E-state index contributed by atoms with van der Waals surface area (Å²) in [7, 11) is 0. The van der Waals surface area contributed by atoms with Crippen LogP contribution in [0.5, 0.6) is 0 Å². The number of amides is 3. The summed E-state index contributed by atoms with van der Waals surface area (Å²) in [5.41, 5.74) is 0.381. The van der Waals surface area contributed by atoms with Crippen LogP contribution in [0.1, 0.15) is 22.8 Å². The van der Waals surface area contributed by atoms with Crippen molar-refractivity contribution in [3.05, 3.63) is 35.4 Å². The van der Waals surface area contributed by atoms with Gasteiger partial charge in [-0.1, -0.05) is 18.2 Å². The minimum Gasteiger partial charge on any atom is -0.478 e. The summed E-state index contributed by atoms with van der Waals surface area (Å²) in [6, 6.07) is 5.39. The highest BCUT2D eigenvalue weighted by Crippen LogP contribution is 2.13. The Morgan fingerprint density at radius 2 is 2.00 bits per heavy atom. The van der Waals surface area contributed by atoms with Gasteiger partial charge in [0.05, 0.1) is 12.0 Å². The molecule has 1 atom stereocenters. The molecule has 110 valence electrons. The van der Waals surface area contributed by atoms with E-state index in [1.165, 1.54) is 19.1 Å². The summed E-state index contributed by atoms with van der Waals surface area (Å²) in [6.45, 7) is 1.31. The number of nitrogens with one attached hydrogen (secondary N) is 1. The summed E-state index contributed by atoms with van der Waals surface area (Å²) in [6.07, 6.45) is -0.173. The van der Waals surface area contributed by atoms with Gasteiger partial charge in [-0.2, -0.15) is 0 Å². The van der Waals surface area contributed by atoms with E-state index in [0.29, 0.717) is 5.56 Å². The van der Waals surface area contributed by atoms with Crippen LogP contribution in [0, 0.1) is 0 Å². The van der Waals surface area contributed by atoms with Crippen molar-refractivity contribution in [1.82, 2.24) is 10.2 Å². The lowest BCUT2D eigenvalue weighted by molar-refractivity contribution is -0.149. The Morgan fingerprint density at radius 1 is 1.33 bits per heavy atom. The molecule has 21 heavy (non-hydrogen) atoms. The second-order valence-electron chi connectivity index (χ2n) is 4.75. The lowest BCUT2D eigenvalue weighted by Crippen LogP contribution is -2.58. The number of nitrogens with zero attached hydrogens (tertiary/aromatic N) is 1. The summed E-state index contributed by atoms with van der Waals surface area (Å²) in [5, 5.41) is 11.2. The van der Waals surface area contributed by atoms with Gasteiger partial charge < -0.3 is 10.0 Å². The summed E-state index contributed by atoms with van der Waals surface area (Å²) >= 11 is 0. The Bertz CT molecular complexity index is 626. The first kappa shape index (κ1) is 14.7. The van der Waals surface area contributed by atoms with Crippen LogP contribution in [-0.4, -0.2) is 46.3 Å². The minimum atomic E-state index is -1.13. The number of piperazine rings is 1. The van der Waals surface area contributed by atoms with Crippen LogP contribution in [0.25, 0.3) is 0 Å². The zero-order valence-corrected chi connectivity index (χ0v) is 11.3. The minimum absolute atomic E-state index is 0.0336. The predicted molar refractivity (Wildman–Crippen MR) is 71.4 cm³/mol. The molecule has 1 saturated heterocycles. The number of aromatic carboxylic acids is 1. The number of rotatable bonds is 3. The number of hydrogen-bond acceptors (Lipinski definition) is 4. The van der Waals surface area contributed by atoms with E-state index < -0.39 is 29.7 Å². The Hall–Kier alpha value is -2.70. The summed E-state index contributed by atoms with van der Waals surface area (Å²) < 4.78 is 0. The van der Waals surface area contributed by atoms with E-state index in [4.69, 9.17) is 5.11 Å². The van der Waals surface area contributed by atoms with Gasteiger partial charge in [-0.15, -0.1) is 0 Å². The zero-order chi connectivity index (χ0) is 15.6.